The van der Waals surface area contributed by atoms with Gasteiger partial charge in [-0.05, 0) is 20.8 Å². The first-order chi connectivity index (χ1) is 7.26. The van der Waals surface area contributed by atoms with Crippen LogP contribution in [0.1, 0.15) is 33.6 Å². The molecule has 0 unspecified atom stereocenters. The van der Waals surface area contributed by atoms with Crippen molar-refractivity contribution in [2.75, 3.05) is 39.4 Å². The van der Waals surface area contributed by atoms with Gasteiger partial charge in [0.05, 0.1) is 19.6 Å². The average molecular weight is 216 g/mol. The van der Waals surface area contributed by atoms with E-state index in [0.29, 0.717) is 0 Å². The van der Waals surface area contributed by atoms with E-state index < -0.39 is 0 Å². The first kappa shape index (κ1) is 12.9. The van der Waals surface area contributed by atoms with Crippen molar-refractivity contribution < 1.29 is 14.0 Å². The number of ether oxygens (including phenoxy) is 2. The van der Waals surface area contributed by atoms with Crippen molar-refractivity contribution >= 4 is 0 Å². The minimum atomic E-state index is -0.00181. The minimum Gasteiger partial charge on any atom is -0.348 e. The highest BCUT2D eigenvalue weighted by atomic mass is 16.7. The molecule has 1 rings (SSSR count). The van der Waals surface area contributed by atoms with Gasteiger partial charge < -0.3 is 14.0 Å². The smallest absolute Gasteiger partial charge is 0.207 e. The Morgan fingerprint density at radius 2 is 1.53 bits per heavy atom. The van der Waals surface area contributed by atoms with E-state index in [-0.39, 0.29) is 6.29 Å². The van der Waals surface area contributed by atoms with E-state index >= 15 is 0 Å². The zero-order valence-electron chi connectivity index (χ0n) is 10.5. The van der Waals surface area contributed by atoms with Crippen molar-refractivity contribution in [1.82, 2.24) is 0 Å². The molecule has 15 heavy (non-hydrogen) atoms. The van der Waals surface area contributed by atoms with Crippen LogP contribution in [0.2, 0.25) is 0 Å². The first-order valence-electron chi connectivity index (χ1n) is 6.34. The van der Waals surface area contributed by atoms with E-state index in [9.17, 15) is 0 Å². The SMILES string of the molecule is CCOC(C[N+]1(CC)CCCC1)OCC. The number of hydrogen-bond acceptors (Lipinski definition) is 2. The van der Waals surface area contributed by atoms with Gasteiger partial charge in [0.1, 0.15) is 6.54 Å². The van der Waals surface area contributed by atoms with Crippen molar-refractivity contribution in [3.63, 3.8) is 0 Å². The summed E-state index contributed by atoms with van der Waals surface area (Å²) in [5.41, 5.74) is 0. The van der Waals surface area contributed by atoms with Gasteiger partial charge in [-0.15, -0.1) is 0 Å². The molecule has 0 aromatic carbocycles. The van der Waals surface area contributed by atoms with Crippen molar-refractivity contribution in [3.8, 4) is 0 Å². The van der Waals surface area contributed by atoms with E-state index in [1.807, 2.05) is 13.8 Å². The van der Waals surface area contributed by atoms with Gasteiger partial charge in [-0.1, -0.05) is 0 Å². The molecule has 0 N–H and O–H groups in total. The summed E-state index contributed by atoms with van der Waals surface area (Å²) in [5, 5.41) is 0. The van der Waals surface area contributed by atoms with Gasteiger partial charge in [-0.2, -0.15) is 0 Å². The largest absolute Gasteiger partial charge is 0.348 e. The van der Waals surface area contributed by atoms with Gasteiger partial charge in [0.2, 0.25) is 6.29 Å². The Morgan fingerprint density at radius 1 is 1.00 bits per heavy atom. The van der Waals surface area contributed by atoms with Crippen LogP contribution < -0.4 is 0 Å². The van der Waals surface area contributed by atoms with E-state index in [2.05, 4.69) is 6.92 Å². The van der Waals surface area contributed by atoms with E-state index in [0.717, 1.165) is 19.8 Å². The fourth-order valence-electron chi connectivity index (χ4n) is 2.48. The standard InChI is InChI=1S/C12H26NO2/c1-4-13(9-7-8-10-13)11-12(14-5-2)15-6-3/h12H,4-11H2,1-3H3/q+1. The average Bonchev–Trinajstić information content (AvgIpc) is 2.68. The molecule has 0 aromatic rings. The highest BCUT2D eigenvalue weighted by Crippen LogP contribution is 2.20. The van der Waals surface area contributed by atoms with Crippen LogP contribution >= 0.6 is 0 Å². The maximum absolute atomic E-state index is 5.63. The van der Waals surface area contributed by atoms with Crippen molar-refractivity contribution in [2.45, 2.75) is 39.9 Å². The molecule has 3 heteroatoms. The Bertz CT molecular complexity index is 161. The Hall–Kier alpha value is -0.120. The number of rotatable bonds is 7. The van der Waals surface area contributed by atoms with Crippen LogP contribution in [0.15, 0.2) is 0 Å². The van der Waals surface area contributed by atoms with Crippen LogP contribution in [0.4, 0.5) is 0 Å². The number of quaternary nitrogens is 1. The van der Waals surface area contributed by atoms with Gasteiger partial charge in [0.25, 0.3) is 0 Å². The summed E-state index contributed by atoms with van der Waals surface area (Å²) in [4.78, 5) is 0. The summed E-state index contributed by atoms with van der Waals surface area (Å²) < 4.78 is 12.5. The van der Waals surface area contributed by atoms with Crippen LogP contribution in [0, 0.1) is 0 Å². The van der Waals surface area contributed by atoms with Crippen LogP contribution in [0.3, 0.4) is 0 Å². The molecule has 1 aliphatic rings. The molecule has 0 aliphatic carbocycles. The fourth-order valence-corrected chi connectivity index (χ4v) is 2.48. The van der Waals surface area contributed by atoms with E-state index in [4.69, 9.17) is 9.47 Å². The van der Waals surface area contributed by atoms with Gasteiger partial charge >= 0.3 is 0 Å². The second-order valence-electron chi connectivity index (χ2n) is 4.34. The molecule has 0 aromatic heterocycles. The zero-order valence-corrected chi connectivity index (χ0v) is 10.5. The van der Waals surface area contributed by atoms with E-state index in [1.165, 1.54) is 37.0 Å². The predicted molar refractivity (Wildman–Crippen MR) is 61.7 cm³/mol. The topological polar surface area (TPSA) is 18.5 Å². The molecule has 0 atom stereocenters. The maximum atomic E-state index is 5.63. The quantitative estimate of drug-likeness (QED) is 0.479. The molecule has 3 nitrogen and oxygen atoms in total. The Balaban J connectivity index is 2.46. The van der Waals surface area contributed by atoms with Crippen LogP contribution in [0.25, 0.3) is 0 Å². The summed E-state index contributed by atoms with van der Waals surface area (Å²) >= 11 is 0. The maximum Gasteiger partial charge on any atom is 0.207 e. The molecule has 0 saturated carbocycles. The predicted octanol–water partition coefficient (Wildman–Crippen LogP) is 2.02. The number of hydrogen-bond donors (Lipinski definition) is 0. The Labute approximate surface area is 93.9 Å². The van der Waals surface area contributed by atoms with Crippen LogP contribution in [-0.2, 0) is 9.47 Å². The number of nitrogens with zero attached hydrogens (tertiary/aromatic N) is 1. The molecule has 0 radical (unpaired) electrons. The highest BCUT2D eigenvalue weighted by molar-refractivity contribution is 4.56. The summed E-state index contributed by atoms with van der Waals surface area (Å²) in [6.07, 6.45) is 2.72. The lowest BCUT2D eigenvalue weighted by molar-refractivity contribution is -0.920. The Morgan fingerprint density at radius 3 is 1.93 bits per heavy atom. The van der Waals surface area contributed by atoms with Gasteiger partial charge in [-0.25, -0.2) is 0 Å². The molecule has 1 fully saturated rings. The molecule has 0 amide bonds. The summed E-state index contributed by atoms with van der Waals surface area (Å²) in [5.74, 6) is 0. The Kier molecular flexibility index (Phi) is 5.58. The third-order valence-corrected chi connectivity index (χ3v) is 3.43. The van der Waals surface area contributed by atoms with Crippen LogP contribution in [-0.4, -0.2) is 50.2 Å². The molecular weight excluding hydrogens is 190 g/mol. The normalized spacial score (nSPS) is 20.0. The third kappa shape index (κ3) is 3.74. The van der Waals surface area contributed by atoms with Gasteiger partial charge in [-0.3, -0.25) is 0 Å². The van der Waals surface area contributed by atoms with Crippen molar-refractivity contribution in [2.24, 2.45) is 0 Å². The monoisotopic (exact) mass is 216 g/mol. The lowest BCUT2D eigenvalue weighted by atomic mass is 10.3. The number of likely N-dealkylation sites (tertiary alicyclic amines) is 1. The summed E-state index contributed by atoms with van der Waals surface area (Å²) in [6, 6.07) is 0. The third-order valence-electron chi connectivity index (χ3n) is 3.43. The molecular formula is C12H26NO2+. The van der Waals surface area contributed by atoms with E-state index in [1.54, 1.807) is 0 Å². The van der Waals surface area contributed by atoms with Gasteiger partial charge in [0.15, 0.2) is 0 Å². The highest BCUT2D eigenvalue weighted by Gasteiger charge is 2.33. The van der Waals surface area contributed by atoms with Crippen molar-refractivity contribution in [1.29, 1.82) is 0 Å². The molecule has 1 aliphatic heterocycles. The summed E-state index contributed by atoms with van der Waals surface area (Å²) in [6.45, 7) is 12.7. The second-order valence-corrected chi connectivity index (χ2v) is 4.34. The molecule has 0 bridgehead atoms. The first-order valence-corrected chi connectivity index (χ1v) is 6.34. The second kappa shape index (κ2) is 6.46. The molecule has 90 valence electrons. The van der Waals surface area contributed by atoms with Gasteiger partial charge in [0, 0.05) is 26.1 Å². The lowest BCUT2D eigenvalue weighted by Gasteiger charge is -2.35. The molecule has 0 spiro atoms. The lowest BCUT2D eigenvalue weighted by Crippen LogP contribution is -2.51. The summed E-state index contributed by atoms with van der Waals surface area (Å²) in [7, 11) is 0. The van der Waals surface area contributed by atoms with Crippen molar-refractivity contribution in [3.05, 3.63) is 0 Å². The fraction of sp³-hybridized carbons (Fsp3) is 1.00. The molecule has 1 heterocycles. The number of likely N-dealkylation sites (N-methyl/N-ethyl adjacent to an activating group) is 1. The zero-order chi connectivity index (χ0) is 11.1. The molecule has 1 saturated heterocycles. The minimum absolute atomic E-state index is 0.00181. The van der Waals surface area contributed by atoms with Crippen LogP contribution in [0.5, 0.6) is 0 Å².